The average Bonchev–Trinajstić information content (AvgIpc) is 2.88. The quantitative estimate of drug-likeness (QED) is 0.478. The van der Waals surface area contributed by atoms with Crippen molar-refractivity contribution >= 4 is 27.5 Å². The third-order valence-electron chi connectivity index (χ3n) is 6.25. The standard InChI is InChI=1S/C27H37N3O6S/c1-6-37(33,34)30(23-11-12-24-25(15-23)36-14-13-35-24)18-26(31)29(17-22-10-8-7-9-20(22)4)21(5)27(32)28-16-19(2)3/h7-12,15,19,21H,6,13-14,16-18H2,1-5H3,(H,28,32). The van der Waals surface area contributed by atoms with Gasteiger partial charge in [0.1, 0.15) is 25.8 Å². The smallest absolute Gasteiger partial charge is 0.244 e. The van der Waals surface area contributed by atoms with Crippen LogP contribution in [0, 0.1) is 12.8 Å². The first-order chi connectivity index (χ1) is 17.5. The summed E-state index contributed by atoms with van der Waals surface area (Å²) in [7, 11) is -3.83. The van der Waals surface area contributed by atoms with Crippen LogP contribution < -0.4 is 19.1 Å². The molecule has 0 aromatic heterocycles. The zero-order chi connectivity index (χ0) is 27.2. The number of nitrogens with one attached hydrogen (secondary N) is 1. The van der Waals surface area contributed by atoms with Gasteiger partial charge in [0, 0.05) is 19.2 Å². The molecule has 1 aliphatic rings. The Kier molecular flexibility index (Phi) is 9.42. The molecular formula is C27H37N3O6S. The maximum atomic E-state index is 13.8. The normalized spacial score (nSPS) is 13.7. The summed E-state index contributed by atoms with van der Waals surface area (Å²) in [6, 6.07) is 11.6. The summed E-state index contributed by atoms with van der Waals surface area (Å²) < 4.78 is 38.5. The number of hydrogen-bond donors (Lipinski definition) is 1. The van der Waals surface area contributed by atoms with Gasteiger partial charge in [-0.05, 0) is 49.9 Å². The molecule has 1 aliphatic heterocycles. The highest BCUT2D eigenvalue weighted by atomic mass is 32.2. The Balaban J connectivity index is 1.94. The topological polar surface area (TPSA) is 105 Å². The summed E-state index contributed by atoms with van der Waals surface area (Å²) in [5.41, 5.74) is 2.15. The highest BCUT2D eigenvalue weighted by Crippen LogP contribution is 2.35. The van der Waals surface area contributed by atoms with Crippen LogP contribution in [0.2, 0.25) is 0 Å². The first-order valence-corrected chi connectivity index (χ1v) is 14.2. The first-order valence-electron chi connectivity index (χ1n) is 12.5. The van der Waals surface area contributed by atoms with E-state index in [2.05, 4.69) is 5.32 Å². The molecule has 2 amide bonds. The minimum absolute atomic E-state index is 0.170. The lowest BCUT2D eigenvalue weighted by Crippen LogP contribution is -2.51. The molecular weight excluding hydrogens is 494 g/mol. The molecule has 0 radical (unpaired) electrons. The predicted molar refractivity (Wildman–Crippen MR) is 143 cm³/mol. The van der Waals surface area contributed by atoms with Gasteiger partial charge in [-0.3, -0.25) is 13.9 Å². The van der Waals surface area contributed by atoms with E-state index in [1.807, 2.05) is 45.0 Å². The van der Waals surface area contributed by atoms with Crippen molar-refractivity contribution in [3.8, 4) is 11.5 Å². The van der Waals surface area contributed by atoms with Crippen LogP contribution in [0.25, 0.3) is 0 Å². The van der Waals surface area contributed by atoms with E-state index in [-0.39, 0.29) is 24.1 Å². The lowest BCUT2D eigenvalue weighted by atomic mass is 10.1. The van der Waals surface area contributed by atoms with Crippen LogP contribution in [0.15, 0.2) is 42.5 Å². The molecule has 10 heteroatoms. The Bertz CT molecular complexity index is 1210. The number of sulfonamides is 1. The van der Waals surface area contributed by atoms with Gasteiger partial charge < -0.3 is 19.7 Å². The molecule has 9 nitrogen and oxygen atoms in total. The van der Waals surface area contributed by atoms with Gasteiger partial charge in [0.15, 0.2) is 11.5 Å². The number of carbonyl (C=O) groups excluding carboxylic acids is 2. The van der Waals surface area contributed by atoms with Gasteiger partial charge in [-0.2, -0.15) is 0 Å². The number of nitrogens with zero attached hydrogens (tertiary/aromatic N) is 2. The Labute approximate surface area is 219 Å². The van der Waals surface area contributed by atoms with E-state index in [1.165, 1.54) is 11.8 Å². The van der Waals surface area contributed by atoms with Crippen LogP contribution in [0.5, 0.6) is 11.5 Å². The van der Waals surface area contributed by atoms with E-state index in [1.54, 1.807) is 25.1 Å². The van der Waals surface area contributed by atoms with Crippen LogP contribution in [0.1, 0.15) is 38.8 Å². The van der Waals surface area contributed by atoms with Crippen LogP contribution in [-0.4, -0.2) is 63.2 Å². The molecule has 1 unspecified atom stereocenters. The van der Waals surface area contributed by atoms with Gasteiger partial charge >= 0.3 is 0 Å². The monoisotopic (exact) mass is 531 g/mol. The minimum atomic E-state index is -3.83. The van der Waals surface area contributed by atoms with Crippen molar-refractivity contribution in [1.82, 2.24) is 10.2 Å². The van der Waals surface area contributed by atoms with Crippen LogP contribution in [-0.2, 0) is 26.2 Å². The van der Waals surface area contributed by atoms with Gasteiger partial charge in [-0.15, -0.1) is 0 Å². The van der Waals surface area contributed by atoms with Gasteiger partial charge in [0.25, 0.3) is 0 Å². The van der Waals surface area contributed by atoms with Crippen LogP contribution in [0.3, 0.4) is 0 Å². The van der Waals surface area contributed by atoms with Gasteiger partial charge in [0.05, 0.1) is 11.4 Å². The summed E-state index contributed by atoms with van der Waals surface area (Å²) in [5, 5.41) is 2.88. The maximum absolute atomic E-state index is 13.8. The third kappa shape index (κ3) is 7.15. The number of ether oxygens (including phenoxy) is 2. The number of anilines is 1. The number of hydrogen-bond acceptors (Lipinski definition) is 6. The molecule has 2 aromatic carbocycles. The fourth-order valence-electron chi connectivity index (χ4n) is 3.91. The lowest BCUT2D eigenvalue weighted by molar-refractivity contribution is -0.139. The Hall–Kier alpha value is -3.27. The van der Waals surface area contributed by atoms with E-state index in [0.29, 0.717) is 36.9 Å². The van der Waals surface area contributed by atoms with E-state index in [0.717, 1.165) is 15.4 Å². The summed E-state index contributed by atoms with van der Waals surface area (Å²) in [6.07, 6.45) is 0. The Morgan fingerprint density at radius 2 is 1.70 bits per heavy atom. The van der Waals surface area contributed by atoms with E-state index in [9.17, 15) is 18.0 Å². The molecule has 0 saturated heterocycles. The van der Waals surface area contributed by atoms with Gasteiger partial charge in [-0.25, -0.2) is 8.42 Å². The zero-order valence-corrected chi connectivity index (χ0v) is 23.0. The molecule has 1 N–H and O–H groups in total. The van der Waals surface area contributed by atoms with Crippen molar-refractivity contribution in [3.05, 3.63) is 53.6 Å². The Morgan fingerprint density at radius 3 is 2.35 bits per heavy atom. The molecule has 0 aliphatic carbocycles. The zero-order valence-electron chi connectivity index (χ0n) is 22.2. The second kappa shape index (κ2) is 12.3. The van der Waals surface area contributed by atoms with Gasteiger partial charge in [0.2, 0.25) is 21.8 Å². The summed E-state index contributed by atoms with van der Waals surface area (Å²) in [4.78, 5) is 28.2. The molecule has 1 heterocycles. The second-order valence-electron chi connectivity index (χ2n) is 9.50. The van der Waals surface area contributed by atoms with Crippen molar-refractivity contribution in [2.24, 2.45) is 5.92 Å². The van der Waals surface area contributed by atoms with E-state index >= 15 is 0 Å². The number of amides is 2. The number of rotatable bonds is 11. The molecule has 2 aromatic rings. The van der Waals surface area contributed by atoms with Crippen molar-refractivity contribution in [1.29, 1.82) is 0 Å². The molecule has 0 bridgehead atoms. The second-order valence-corrected chi connectivity index (χ2v) is 11.7. The minimum Gasteiger partial charge on any atom is -0.486 e. The summed E-state index contributed by atoms with van der Waals surface area (Å²) in [5.74, 6) is 0.216. The molecule has 0 fully saturated rings. The number of aryl methyl sites for hydroxylation is 1. The number of benzene rings is 2. The van der Waals surface area contributed by atoms with E-state index in [4.69, 9.17) is 9.47 Å². The highest BCUT2D eigenvalue weighted by molar-refractivity contribution is 7.92. The van der Waals surface area contributed by atoms with Crippen molar-refractivity contribution in [3.63, 3.8) is 0 Å². The van der Waals surface area contributed by atoms with E-state index < -0.39 is 28.5 Å². The molecule has 1 atom stereocenters. The fourth-order valence-corrected chi connectivity index (χ4v) is 4.97. The highest BCUT2D eigenvalue weighted by Gasteiger charge is 2.31. The van der Waals surface area contributed by atoms with Crippen LogP contribution in [0.4, 0.5) is 5.69 Å². The third-order valence-corrected chi connectivity index (χ3v) is 7.99. The van der Waals surface area contributed by atoms with Crippen LogP contribution >= 0.6 is 0 Å². The molecule has 0 saturated carbocycles. The predicted octanol–water partition coefficient (Wildman–Crippen LogP) is 3.11. The SMILES string of the molecule is CCS(=O)(=O)N(CC(=O)N(Cc1ccccc1C)C(C)C(=O)NCC(C)C)c1ccc2c(c1)OCCO2. The summed E-state index contributed by atoms with van der Waals surface area (Å²) >= 11 is 0. The largest absolute Gasteiger partial charge is 0.486 e. The molecule has 3 rings (SSSR count). The number of fused-ring (bicyclic) bond motifs is 1. The maximum Gasteiger partial charge on any atom is 0.244 e. The molecule has 37 heavy (non-hydrogen) atoms. The molecule has 0 spiro atoms. The lowest BCUT2D eigenvalue weighted by Gasteiger charge is -2.32. The van der Waals surface area contributed by atoms with Crippen molar-refractivity contribution in [2.75, 3.05) is 36.4 Å². The molecule has 202 valence electrons. The van der Waals surface area contributed by atoms with Crippen molar-refractivity contribution in [2.45, 2.75) is 47.2 Å². The number of carbonyl (C=O) groups is 2. The first kappa shape index (κ1) is 28.3. The fraction of sp³-hybridized carbons (Fsp3) is 0.481. The Morgan fingerprint density at radius 1 is 1.03 bits per heavy atom. The van der Waals surface area contributed by atoms with Crippen molar-refractivity contribution < 1.29 is 27.5 Å². The average molecular weight is 532 g/mol. The van der Waals surface area contributed by atoms with Gasteiger partial charge in [-0.1, -0.05) is 38.1 Å². The summed E-state index contributed by atoms with van der Waals surface area (Å²) in [6.45, 7) is 10.0.